The second kappa shape index (κ2) is 2.60. The molecule has 0 aliphatic heterocycles. The molecule has 0 atom stereocenters. The summed E-state index contributed by atoms with van der Waals surface area (Å²) in [5.74, 6) is -0.0681. The lowest BCUT2D eigenvalue weighted by molar-refractivity contribution is 0.593. The second-order valence-electron chi connectivity index (χ2n) is 2.81. The van der Waals surface area contributed by atoms with E-state index in [1.165, 1.54) is 18.2 Å². The van der Waals surface area contributed by atoms with Gasteiger partial charge in [-0.25, -0.2) is 4.39 Å². The molecule has 3 heteroatoms. The summed E-state index contributed by atoms with van der Waals surface area (Å²) in [6.45, 7) is 1.74. The van der Waals surface area contributed by atoms with Gasteiger partial charge in [-0.3, -0.25) is 0 Å². The van der Waals surface area contributed by atoms with Crippen molar-refractivity contribution in [2.24, 2.45) is 0 Å². The minimum absolute atomic E-state index is 0.251. The molecule has 64 valence electrons. The van der Waals surface area contributed by atoms with Crippen LogP contribution < -0.4 is 0 Å². The molecule has 0 N–H and O–H groups in total. The number of benzene rings is 1. The molecule has 0 radical (unpaired) electrons. The molecule has 0 spiro atoms. The Balaban J connectivity index is 2.87. The first-order chi connectivity index (χ1) is 6.22. The van der Waals surface area contributed by atoms with Crippen molar-refractivity contribution >= 4 is 11.0 Å². The Morgan fingerprint density at radius 2 is 2.23 bits per heavy atom. The largest absolute Gasteiger partial charge is 0.445 e. The fourth-order valence-electron chi connectivity index (χ4n) is 1.30. The van der Waals surface area contributed by atoms with Gasteiger partial charge in [0.2, 0.25) is 5.76 Å². The van der Waals surface area contributed by atoms with E-state index >= 15 is 0 Å². The normalized spacial score (nSPS) is 10.2. The van der Waals surface area contributed by atoms with Crippen molar-refractivity contribution in [1.82, 2.24) is 0 Å². The van der Waals surface area contributed by atoms with Crippen LogP contribution in [0.2, 0.25) is 0 Å². The zero-order chi connectivity index (χ0) is 9.42. The van der Waals surface area contributed by atoms with Crippen molar-refractivity contribution < 1.29 is 8.81 Å². The number of hydrogen-bond acceptors (Lipinski definition) is 2. The average molecular weight is 175 g/mol. The first-order valence-corrected chi connectivity index (χ1v) is 3.81. The summed E-state index contributed by atoms with van der Waals surface area (Å²) in [4.78, 5) is 0. The van der Waals surface area contributed by atoms with Crippen LogP contribution in [0.3, 0.4) is 0 Å². The number of nitrogens with zero attached hydrogens (tertiary/aromatic N) is 1. The van der Waals surface area contributed by atoms with Gasteiger partial charge in [0.05, 0.1) is 0 Å². The molecule has 0 unspecified atom stereocenters. The van der Waals surface area contributed by atoms with E-state index in [-0.39, 0.29) is 11.6 Å². The summed E-state index contributed by atoms with van der Waals surface area (Å²) < 4.78 is 18.0. The summed E-state index contributed by atoms with van der Waals surface area (Å²) >= 11 is 0. The van der Waals surface area contributed by atoms with E-state index in [0.29, 0.717) is 16.5 Å². The molecule has 1 heterocycles. The topological polar surface area (TPSA) is 36.9 Å². The maximum absolute atomic E-state index is 12.8. The number of rotatable bonds is 0. The van der Waals surface area contributed by atoms with Crippen LogP contribution >= 0.6 is 0 Å². The van der Waals surface area contributed by atoms with Gasteiger partial charge in [0, 0.05) is 10.9 Å². The highest BCUT2D eigenvalue weighted by molar-refractivity contribution is 5.82. The zero-order valence-electron chi connectivity index (χ0n) is 6.97. The van der Waals surface area contributed by atoms with E-state index < -0.39 is 0 Å². The molecular weight excluding hydrogens is 169 g/mol. The van der Waals surface area contributed by atoms with E-state index in [1.807, 2.05) is 6.07 Å². The van der Waals surface area contributed by atoms with Gasteiger partial charge in [-0.05, 0) is 25.1 Å². The lowest BCUT2D eigenvalue weighted by Crippen LogP contribution is -1.74. The quantitative estimate of drug-likeness (QED) is 0.617. The van der Waals surface area contributed by atoms with Crippen molar-refractivity contribution in [3.05, 3.63) is 35.3 Å². The van der Waals surface area contributed by atoms with Crippen molar-refractivity contribution in [3.63, 3.8) is 0 Å². The third kappa shape index (κ3) is 1.07. The van der Waals surface area contributed by atoms with Gasteiger partial charge in [-0.15, -0.1) is 0 Å². The molecular formula is C10H6FNO. The summed E-state index contributed by atoms with van der Waals surface area (Å²) in [6.07, 6.45) is 0. The summed E-state index contributed by atoms with van der Waals surface area (Å²) in [5, 5.41) is 9.31. The molecule has 2 nitrogen and oxygen atoms in total. The zero-order valence-corrected chi connectivity index (χ0v) is 6.97. The molecule has 0 amide bonds. The van der Waals surface area contributed by atoms with Crippen LogP contribution in [0.15, 0.2) is 22.6 Å². The number of fused-ring (bicyclic) bond motifs is 1. The van der Waals surface area contributed by atoms with Crippen LogP contribution in [0.4, 0.5) is 4.39 Å². The van der Waals surface area contributed by atoms with E-state index in [9.17, 15) is 4.39 Å². The predicted octanol–water partition coefficient (Wildman–Crippen LogP) is 2.75. The summed E-state index contributed by atoms with van der Waals surface area (Å²) in [6, 6.07) is 6.12. The van der Waals surface area contributed by atoms with Gasteiger partial charge in [0.25, 0.3) is 0 Å². The van der Waals surface area contributed by atoms with Crippen LogP contribution in [0.5, 0.6) is 0 Å². The molecule has 0 aliphatic carbocycles. The standard InChI is InChI=1S/C10H6FNO/c1-6-8-4-7(11)2-3-9(8)13-10(6)5-12/h2-4H,1H3. The Bertz CT molecular complexity index is 507. The van der Waals surface area contributed by atoms with Crippen molar-refractivity contribution in [1.29, 1.82) is 5.26 Å². The van der Waals surface area contributed by atoms with Crippen LogP contribution in [0.25, 0.3) is 11.0 Å². The highest BCUT2D eigenvalue weighted by atomic mass is 19.1. The fourth-order valence-corrected chi connectivity index (χ4v) is 1.30. The SMILES string of the molecule is Cc1c(C#N)oc2ccc(F)cc12. The van der Waals surface area contributed by atoms with Crippen LogP contribution in [0.1, 0.15) is 11.3 Å². The van der Waals surface area contributed by atoms with E-state index in [2.05, 4.69) is 0 Å². The summed E-state index contributed by atoms with van der Waals surface area (Å²) in [5.41, 5.74) is 1.24. The molecule has 2 rings (SSSR count). The summed E-state index contributed by atoms with van der Waals surface area (Å²) in [7, 11) is 0. The molecule has 0 bridgehead atoms. The van der Waals surface area contributed by atoms with Crippen molar-refractivity contribution in [3.8, 4) is 6.07 Å². The second-order valence-corrected chi connectivity index (χ2v) is 2.81. The van der Waals surface area contributed by atoms with Gasteiger partial charge < -0.3 is 4.42 Å². The minimum atomic E-state index is -0.319. The Morgan fingerprint density at radius 3 is 2.92 bits per heavy atom. The van der Waals surface area contributed by atoms with Gasteiger partial charge >= 0.3 is 0 Å². The lowest BCUT2D eigenvalue weighted by atomic mass is 10.1. The molecule has 0 saturated carbocycles. The third-order valence-electron chi connectivity index (χ3n) is 2.00. The highest BCUT2D eigenvalue weighted by Gasteiger charge is 2.09. The average Bonchev–Trinajstić information content (AvgIpc) is 2.44. The Labute approximate surface area is 74.2 Å². The monoisotopic (exact) mass is 175 g/mol. The van der Waals surface area contributed by atoms with E-state index in [0.717, 1.165) is 0 Å². The Morgan fingerprint density at radius 1 is 1.46 bits per heavy atom. The molecule has 2 aromatic rings. The van der Waals surface area contributed by atoms with E-state index in [4.69, 9.17) is 9.68 Å². The van der Waals surface area contributed by atoms with Gasteiger partial charge in [0.15, 0.2) is 0 Å². The van der Waals surface area contributed by atoms with Crippen molar-refractivity contribution in [2.45, 2.75) is 6.92 Å². The molecule has 1 aromatic heterocycles. The third-order valence-corrected chi connectivity index (χ3v) is 2.00. The number of aryl methyl sites for hydroxylation is 1. The van der Waals surface area contributed by atoms with Crippen LogP contribution in [-0.4, -0.2) is 0 Å². The maximum atomic E-state index is 12.8. The number of nitriles is 1. The number of hydrogen-bond donors (Lipinski definition) is 0. The van der Waals surface area contributed by atoms with Gasteiger partial charge in [-0.2, -0.15) is 5.26 Å². The maximum Gasteiger partial charge on any atom is 0.207 e. The Hall–Kier alpha value is -1.82. The van der Waals surface area contributed by atoms with Gasteiger partial charge in [0.1, 0.15) is 17.5 Å². The molecule has 0 fully saturated rings. The lowest BCUT2D eigenvalue weighted by Gasteiger charge is -1.88. The number of halogens is 1. The highest BCUT2D eigenvalue weighted by Crippen LogP contribution is 2.24. The Kier molecular flexibility index (Phi) is 1.56. The minimum Gasteiger partial charge on any atom is -0.445 e. The van der Waals surface area contributed by atoms with Crippen LogP contribution in [0, 0.1) is 24.1 Å². The molecule has 0 saturated heterocycles. The fraction of sp³-hybridized carbons (Fsp3) is 0.100. The van der Waals surface area contributed by atoms with Gasteiger partial charge in [-0.1, -0.05) is 0 Å². The molecule has 1 aromatic carbocycles. The molecule has 0 aliphatic rings. The molecule has 13 heavy (non-hydrogen) atoms. The first kappa shape index (κ1) is 7.81. The van der Waals surface area contributed by atoms with E-state index in [1.54, 1.807) is 6.92 Å². The number of furan rings is 1. The van der Waals surface area contributed by atoms with Crippen LogP contribution in [-0.2, 0) is 0 Å². The smallest absolute Gasteiger partial charge is 0.207 e. The van der Waals surface area contributed by atoms with Crippen molar-refractivity contribution in [2.75, 3.05) is 0 Å². The predicted molar refractivity (Wildman–Crippen MR) is 45.6 cm³/mol. The first-order valence-electron chi connectivity index (χ1n) is 3.81.